The summed E-state index contributed by atoms with van der Waals surface area (Å²) in [5.74, 6) is -0.301. The van der Waals surface area contributed by atoms with E-state index >= 15 is 0 Å². The van der Waals surface area contributed by atoms with E-state index in [2.05, 4.69) is 10.3 Å². The topological polar surface area (TPSA) is 82.2 Å². The summed E-state index contributed by atoms with van der Waals surface area (Å²) in [5, 5.41) is 13.1. The second-order valence-corrected chi connectivity index (χ2v) is 5.58. The van der Waals surface area contributed by atoms with Crippen LogP contribution in [0.3, 0.4) is 0 Å². The maximum Gasteiger partial charge on any atom is 0.267 e. The lowest BCUT2D eigenvalue weighted by Gasteiger charge is -2.07. The summed E-state index contributed by atoms with van der Waals surface area (Å²) < 4.78 is 0. The van der Waals surface area contributed by atoms with Crippen molar-refractivity contribution in [2.45, 2.75) is 13.0 Å². The van der Waals surface area contributed by atoms with E-state index in [0.29, 0.717) is 18.4 Å². The van der Waals surface area contributed by atoms with Crippen molar-refractivity contribution in [3.8, 4) is 0 Å². The van der Waals surface area contributed by atoms with Crippen LogP contribution < -0.4 is 10.9 Å². The van der Waals surface area contributed by atoms with E-state index in [1.807, 2.05) is 36.4 Å². The quantitative estimate of drug-likeness (QED) is 0.672. The number of rotatable bonds is 5. The van der Waals surface area contributed by atoms with Gasteiger partial charge in [-0.05, 0) is 35.1 Å². The van der Waals surface area contributed by atoms with Gasteiger partial charge in [-0.15, -0.1) is 0 Å². The molecule has 3 N–H and O–H groups in total. The van der Waals surface area contributed by atoms with Gasteiger partial charge >= 0.3 is 0 Å². The van der Waals surface area contributed by atoms with Crippen molar-refractivity contribution in [1.82, 2.24) is 10.3 Å². The minimum absolute atomic E-state index is 0.0202. The number of aliphatic hydroxyl groups is 1. The molecule has 5 heteroatoms. The predicted molar refractivity (Wildman–Crippen MR) is 93.0 cm³/mol. The highest BCUT2D eigenvalue weighted by atomic mass is 16.3. The zero-order chi connectivity index (χ0) is 16.9. The van der Waals surface area contributed by atoms with Crippen molar-refractivity contribution < 1.29 is 9.90 Å². The SMILES string of the molecule is O=C(NCCc1ccc(CO)cc1)c1cc2ccccc2c(=O)[nH]1. The first-order valence-electron chi connectivity index (χ1n) is 7.76. The van der Waals surface area contributed by atoms with E-state index in [1.54, 1.807) is 18.2 Å². The van der Waals surface area contributed by atoms with Crippen LogP contribution in [0.1, 0.15) is 21.6 Å². The third-order valence-corrected chi connectivity index (χ3v) is 3.90. The van der Waals surface area contributed by atoms with Crippen molar-refractivity contribution in [3.05, 3.63) is 81.8 Å². The molecular weight excluding hydrogens is 304 g/mol. The molecule has 0 aliphatic carbocycles. The van der Waals surface area contributed by atoms with Gasteiger partial charge in [0.1, 0.15) is 5.69 Å². The molecule has 3 rings (SSSR count). The van der Waals surface area contributed by atoms with Gasteiger partial charge in [-0.2, -0.15) is 0 Å². The second kappa shape index (κ2) is 7.10. The van der Waals surface area contributed by atoms with Crippen molar-refractivity contribution >= 4 is 16.7 Å². The Labute approximate surface area is 139 Å². The Morgan fingerprint density at radius 1 is 1.04 bits per heavy atom. The smallest absolute Gasteiger partial charge is 0.267 e. The fourth-order valence-electron chi connectivity index (χ4n) is 2.56. The number of benzene rings is 2. The largest absolute Gasteiger partial charge is 0.392 e. The lowest BCUT2D eigenvalue weighted by molar-refractivity contribution is 0.0949. The molecule has 0 fully saturated rings. The van der Waals surface area contributed by atoms with Crippen LogP contribution in [0.4, 0.5) is 0 Å². The molecule has 3 aromatic rings. The normalized spacial score (nSPS) is 10.7. The fourth-order valence-corrected chi connectivity index (χ4v) is 2.56. The molecule has 0 atom stereocenters. The number of carbonyl (C=O) groups excluding carboxylic acids is 1. The molecule has 1 aromatic heterocycles. The molecule has 0 aliphatic heterocycles. The molecular formula is C19H18N2O3. The Bertz CT molecular complexity index is 914. The summed E-state index contributed by atoms with van der Waals surface area (Å²) in [6.07, 6.45) is 0.676. The first kappa shape index (κ1) is 16.0. The number of aliphatic hydroxyl groups excluding tert-OH is 1. The van der Waals surface area contributed by atoms with Crippen LogP contribution in [-0.4, -0.2) is 22.5 Å². The molecule has 0 saturated heterocycles. The summed E-state index contributed by atoms with van der Waals surface area (Å²) in [6, 6.07) is 16.4. The highest BCUT2D eigenvalue weighted by Gasteiger charge is 2.08. The highest BCUT2D eigenvalue weighted by Crippen LogP contribution is 2.10. The van der Waals surface area contributed by atoms with Gasteiger partial charge in [0, 0.05) is 11.9 Å². The van der Waals surface area contributed by atoms with Crippen LogP contribution in [0, 0.1) is 0 Å². The Kier molecular flexibility index (Phi) is 4.72. The summed E-state index contributed by atoms with van der Waals surface area (Å²) in [4.78, 5) is 26.8. The first-order valence-corrected chi connectivity index (χ1v) is 7.76. The van der Waals surface area contributed by atoms with E-state index < -0.39 is 0 Å². The molecule has 0 radical (unpaired) electrons. The molecule has 1 heterocycles. The predicted octanol–water partition coefficient (Wildman–Crippen LogP) is 1.99. The molecule has 0 saturated carbocycles. The minimum atomic E-state index is -0.301. The van der Waals surface area contributed by atoms with Crippen LogP contribution in [0.25, 0.3) is 10.8 Å². The van der Waals surface area contributed by atoms with Gasteiger partial charge in [0.15, 0.2) is 0 Å². The molecule has 5 nitrogen and oxygen atoms in total. The van der Waals surface area contributed by atoms with Crippen LogP contribution in [-0.2, 0) is 13.0 Å². The maximum atomic E-state index is 12.2. The van der Waals surface area contributed by atoms with Crippen molar-refractivity contribution in [2.75, 3.05) is 6.54 Å². The van der Waals surface area contributed by atoms with E-state index in [1.165, 1.54) is 0 Å². The molecule has 0 unspecified atom stereocenters. The van der Waals surface area contributed by atoms with Crippen LogP contribution in [0.15, 0.2) is 59.4 Å². The summed E-state index contributed by atoms with van der Waals surface area (Å²) in [7, 11) is 0. The Morgan fingerprint density at radius 3 is 2.50 bits per heavy atom. The van der Waals surface area contributed by atoms with Gasteiger partial charge < -0.3 is 15.4 Å². The number of aromatic nitrogens is 1. The average molecular weight is 322 g/mol. The van der Waals surface area contributed by atoms with E-state index in [-0.39, 0.29) is 23.8 Å². The third-order valence-electron chi connectivity index (χ3n) is 3.90. The monoisotopic (exact) mass is 322 g/mol. The summed E-state index contributed by atoms with van der Waals surface area (Å²) in [6.45, 7) is 0.485. The number of hydrogen-bond acceptors (Lipinski definition) is 3. The summed E-state index contributed by atoms with van der Waals surface area (Å²) in [5.41, 5.74) is 1.92. The van der Waals surface area contributed by atoms with E-state index in [0.717, 1.165) is 16.5 Å². The number of fused-ring (bicyclic) bond motifs is 1. The molecule has 1 amide bonds. The molecule has 0 aliphatic rings. The number of H-pyrrole nitrogens is 1. The minimum Gasteiger partial charge on any atom is -0.392 e. The highest BCUT2D eigenvalue weighted by molar-refractivity contribution is 5.96. The van der Waals surface area contributed by atoms with Gasteiger partial charge in [0.2, 0.25) is 0 Å². The van der Waals surface area contributed by atoms with Gasteiger partial charge in [-0.3, -0.25) is 9.59 Å². The number of nitrogens with one attached hydrogen (secondary N) is 2. The van der Waals surface area contributed by atoms with Crippen molar-refractivity contribution in [1.29, 1.82) is 0 Å². The lowest BCUT2D eigenvalue weighted by atomic mass is 10.1. The van der Waals surface area contributed by atoms with Gasteiger partial charge in [0.05, 0.1) is 6.61 Å². The van der Waals surface area contributed by atoms with Crippen LogP contribution in [0.2, 0.25) is 0 Å². The zero-order valence-electron chi connectivity index (χ0n) is 13.1. The second-order valence-electron chi connectivity index (χ2n) is 5.58. The van der Waals surface area contributed by atoms with Crippen molar-refractivity contribution in [2.24, 2.45) is 0 Å². The standard InChI is InChI=1S/C19H18N2O3/c22-12-14-7-5-13(6-8-14)9-10-20-19(24)17-11-15-3-1-2-4-16(15)18(23)21-17/h1-8,11,22H,9-10,12H2,(H,20,24)(H,21,23). The number of carbonyl (C=O) groups is 1. The van der Waals surface area contributed by atoms with Gasteiger partial charge in [-0.25, -0.2) is 0 Å². The van der Waals surface area contributed by atoms with E-state index in [9.17, 15) is 9.59 Å². The molecule has 24 heavy (non-hydrogen) atoms. The molecule has 0 bridgehead atoms. The van der Waals surface area contributed by atoms with Crippen LogP contribution in [0.5, 0.6) is 0 Å². The zero-order valence-corrected chi connectivity index (χ0v) is 13.1. The molecule has 122 valence electrons. The Morgan fingerprint density at radius 2 is 1.75 bits per heavy atom. The number of pyridine rings is 1. The number of hydrogen-bond donors (Lipinski definition) is 3. The van der Waals surface area contributed by atoms with Gasteiger partial charge in [0.25, 0.3) is 11.5 Å². The molecule has 2 aromatic carbocycles. The first-order chi connectivity index (χ1) is 11.7. The van der Waals surface area contributed by atoms with E-state index in [4.69, 9.17) is 5.11 Å². The number of amides is 1. The lowest BCUT2D eigenvalue weighted by Crippen LogP contribution is -2.28. The third kappa shape index (κ3) is 3.52. The Balaban J connectivity index is 1.65. The Hall–Kier alpha value is -2.92. The van der Waals surface area contributed by atoms with Crippen LogP contribution >= 0.6 is 0 Å². The van der Waals surface area contributed by atoms with Crippen molar-refractivity contribution in [3.63, 3.8) is 0 Å². The fraction of sp³-hybridized carbons (Fsp3) is 0.158. The maximum absolute atomic E-state index is 12.2. The molecule has 0 spiro atoms. The number of aromatic amines is 1. The summed E-state index contributed by atoms with van der Waals surface area (Å²) >= 11 is 0. The van der Waals surface area contributed by atoms with Gasteiger partial charge in [-0.1, -0.05) is 42.5 Å². The average Bonchev–Trinajstić information content (AvgIpc) is 2.62.